The Hall–Kier alpha value is -0.0831. The summed E-state index contributed by atoms with van der Waals surface area (Å²) in [5.74, 6) is 0. The first-order valence-corrected chi connectivity index (χ1v) is 10.1. The Kier molecular flexibility index (Phi) is 4.25. The summed E-state index contributed by atoms with van der Waals surface area (Å²) in [4.78, 5) is 0. The number of hydrogen-bond donors (Lipinski definition) is 0. The van der Waals surface area contributed by atoms with Gasteiger partial charge < -0.3 is 4.43 Å². The quantitative estimate of drug-likeness (QED) is 0.472. The van der Waals surface area contributed by atoms with Crippen LogP contribution in [0, 0.1) is 5.41 Å². The van der Waals surface area contributed by atoms with E-state index in [2.05, 4.69) is 61.6 Å². The minimum atomic E-state index is -1.63. The van der Waals surface area contributed by atoms with Crippen LogP contribution in [0.2, 0.25) is 18.1 Å². The molecule has 1 rings (SSSR count). The molecule has 2 heteroatoms. The highest BCUT2D eigenvalue weighted by atomic mass is 28.4. The lowest BCUT2D eigenvalue weighted by Gasteiger charge is -2.44. The van der Waals surface area contributed by atoms with E-state index in [1.807, 2.05) is 0 Å². The van der Waals surface area contributed by atoms with Gasteiger partial charge in [-0.1, -0.05) is 45.8 Å². The molecular formula is C16H32OSi. The molecule has 18 heavy (non-hydrogen) atoms. The second-order valence-corrected chi connectivity index (χ2v) is 13.0. The van der Waals surface area contributed by atoms with E-state index in [1.165, 1.54) is 12.0 Å². The van der Waals surface area contributed by atoms with Crippen LogP contribution in [0.5, 0.6) is 0 Å². The Morgan fingerprint density at radius 1 is 1.17 bits per heavy atom. The largest absolute Gasteiger partial charge is 0.414 e. The minimum Gasteiger partial charge on any atom is -0.414 e. The summed E-state index contributed by atoms with van der Waals surface area (Å²) in [6.45, 7) is 21.0. The number of hydrogen-bond acceptors (Lipinski definition) is 1. The van der Waals surface area contributed by atoms with Gasteiger partial charge in [-0.05, 0) is 50.2 Å². The van der Waals surface area contributed by atoms with E-state index in [0.717, 1.165) is 6.42 Å². The Morgan fingerprint density at radius 2 is 1.67 bits per heavy atom. The standard InChI is InChI=1S/C16H32OSi/c1-12-10-14(11-16(6,7)13(12)2)17-18(8,9)15(3,4)5/h14H,10-11H2,1-9H3. The lowest BCUT2D eigenvalue weighted by Crippen LogP contribution is -2.45. The third kappa shape index (κ3) is 3.27. The summed E-state index contributed by atoms with van der Waals surface area (Å²) in [7, 11) is -1.63. The molecule has 0 radical (unpaired) electrons. The maximum atomic E-state index is 6.60. The molecule has 0 bridgehead atoms. The van der Waals surface area contributed by atoms with Crippen molar-refractivity contribution in [1.29, 1.82) is 0 Å². The molecule has 106 valence electrons. The first kappa shape index (κ1) is 16.0. The van der Waals surface area contributed by atoms with Crippen LogP contribution in [-0.2, 0) is 4.43 Å². The lowest BCUT2D eigenvalue weighted by atomic mass is 9.72. The highest BCUT2D eigenvalue weighted by Gasteiger charge is 2.41. The number of rotatable bonds is 2. The molecule has 0 aliphatic heterocycles. The molecule has 1 aliphatic carbocycles. The monoisotopic (exact) mass is 268 g/mol. The van der Waals surface area contributed by atoms with Crippen molar-refractivity contribution < 1.29 is 4.43 Å². The van der Waals surface area contributed by atoms with Crippen molar-refractivity contribution in [2.24, 2.45) is 5.41 Å². The fourth-order valence-corrected chi connectivity index (χ4v) is 3.90. The molecule has 1 aliphatic rings. The van der Waals surface area contributed by atoms with Crippen molar-refractivity contribution in [3.05, 3.63) is 11.1 Å². The van der Waals surface area contributed by atoms with Crippen molar-refractivity contribution in [2.75, 3.05) is 0 Å². The predicted molar refractivity (Wildman–Crippen MR) is 83.5 cm³/mol. The van der Waals surface area contributed by atoms with E-state index < -0.39 is 8.32 Å². The van der Waals surface area contributed by atoms with Gasteiger partial charge in [0.05, 0.1) is 0 Å². The van der Waals surface area contributed by atoms with Crippen LogP contribution in [0.1, 0.15) is 61.3 Å². The fourth-order valence-electron chi connectivity index (χ4n) is 2.54. The van der Waals surface area contributed by atoms with Gasteiger partial charge in [-0.2, -0.15) is 0 Å². The van der Waals surface area contributed by atoms with E-state index in [0.29, 0.717) is 16.6 Å². The first-order valence-electron chi connectivity index (χ1n) is 7.21. The van der Waals surface area contributed by atoms with Gasteiger partial charge in [0.25, 0.3) is 0 Å². The van der Waals surface area contributed by atoms with Crippen LogP contribution in [0.25, 0.3) is 0 Å². The maximum absolute atomic E-state index is 6.60. The topological polar surface area (TPSA) is 9.23 Å². The van der Waals surface area contributed by atoms with Gasteiger partial charge in [-0.25, -0.2) is 0 Å². The normalized spacial score (nSPS) is 25.5. The zero-order valence-corrected chi connectivity index (χ0v) is 14.9. The van der Waals surface area contributed by atoms with Gasteiger partial charge in [0.1, 0.15) is 0 Å². The summed E-state index contributed by atoms with van der Waals surface area (Å²) < 4.78 is 6.60. The summed E-state index contributed by atoms with van der Waals surface area (Å²) in [6, 6.07) is 0. The third-order valence-electron chi connectivity index (χ3n) is 5.19. The second-order valence-electron chi connectivity index (χ2n) is 8.20. The molecule has 0 aromatic carbocycles. The third-order valence-corrected chi connectivity index (χ3v) is 9.73. The molecule has 1 nitrogen and oxygen atoms in total. The Labute approximate surface area is 115 Å². The Balaban J connectivity index is 2.85. The van der Waals surface area contributed by atoms with E-state index in [1.54, 1.807) is 5.57 Å². The van der Waals surface area contributed by atoms with Gasteiger partial charge in [-0.15, -0.1) is 0 Å². The molecule has 1 atom stereocenters. The summed E-state index contributed by atoms with van der Waals surface area (Å²) >= 11 is 0. The highest BCUT2D eigenvalue weighted by Crippen LogP contribution is 2.44. The van der Waals surface area contributed by atoms with E-state index in [-0.39, 0.29) is 0 Å². The van der Waals surface area contributed by atoms with E-state index in [9.17, 15) is 0 Å². The van der Waals surface area contributed by atoms with Crippen LogP contribution < -0.4 is 0 Å². The summed E-state index contributed by atoms with van der Waals surface area (Å²) in [5.41, 5.74) is 3.41. The van der Waals surface area contributed by atoms with Gasteiger partial charge in [0.2, 0.25) is 0 Å². The molecule has 0 N–H and O–H groups in total. The predicted octanol–water partition coefficient (Wildman–Crippen LogP) is 5.53. The molecule has 0 fully saturated rings. The second kappa shape index (κ2) is 4.79. The SMILES string of the molecule is CC1=C(C)C(C)(C)CC(O[Si](C)(C)C(C)(C)C)C1. The van der Waals surface area contributed by atoms with Crippen LogP contribution in [-0.4, -0.2) is 14.4 Å². The van der Waals surface area contributed by atoms with E-state index >= 15 is 0 Å². The van der Waals surface area contributed by atoms with Crippen LogP contribution in [0.15, 0.2) is 11.1 Å². The molecular weight excluding hydrogens is 236 g/mol. The molecule has 1 unspecified atom stereocenters. The Morgan fingerprint density at radius 3 is 2.06 bits per heavy atom. The number of allylic oxidation sites excluding steroid dienone is 1. The first-order chi connectivity index (χ1) is 7.87. The lowest BCUT2D eigenvalue weighted by molar-refractivity contribution is 0.122. The maximum Gasteiger partial charge on any atom is 0.192 e. The van der Waals surface area contributed by atoms with Gasteiger partial charge in [-0.3, -0.25) is 0 Å². The molecule has 0 saturated heterocycles. The van der Waals surface area contributed by atoms with E-state index in [4.69, 9.17) is 4.43 Å². The van der Waals surface area contributed by atoms with Crippen molar-refractivity contribution >= 4 is 8.32 Å². The van der Waals surface area contributed by atoms with Crippen molar-refractivity contribution in [1.82, 2.24) is 0 Å². The minimum absolute atomic E-state index is 0.301. The molecule has 0 amide bonds. The van der Waals surface area contributed by atoms with Gasteiger partial charge >= 0.3 is 0 Å². The zero-order valence-electron chi connectivity index (χ0n) is 13.9. The average Bonchev–Trinajstić information content (AvgIpc) is 2.10. The molecule has 0 aromatic rings. The van der Waals surface area contributed by atoms with Crippen molar-refractivity contribution in [2.45, 2.75) is 85.5 Å². The summed E-state index contributed by atoms with van der Waals surface area (Å²) in [5, 5.41) is 0.307. The van der Waals surface area contributed by atoms with Gasteiger partial charge in [0.15, 0.2) is 8.32 Å². The van der Waals surface area contributed by atoms with Crippen LogP contribution in [0.4, 0.5) is 0 Å². The average molecular weight is 269 g/mol. The van der Waals surface area contributed by atoms with Crippen molar-refractivity contribution in [3.63, 3.8) is 0 Å². The van der Waals surface area contributed by atoms with Crippen LogP contribution in [0.3, 0.4) is 0 Å². The van der Waals surface area contributed by atoms with Gasteiger partial charge in [0, 0.05) is 6.10 Å². The van der Waals surface area contributed by atoms with Crippen molar-refractivity contribution in [3.8, 4) is 0 Å². The molecule has 0 aromatic heterocycles. The fraction of sp³-hybridized carbons (Fsp3) is 0.875. The van der Waals surface area contributed by atoms with Crippen LogP contribution >= 0.6 is 0 Å². The molecule has 0 saturated carbocycles. The molecule has 0 heterocycles. The molecule has 0 spiro atoms. The highest BCUT2D eigenvalue weighted by molar-refractivity contribution is 6.74. The zero-order chi connectivity index (χ0) is 14.4. The smallest absolute Gasteiger partial charge is 0.192 e. The summed E-state index contributed by atoms with van der Waals surface area (Å²) in [6.07, 6.45) is 2.72. The Bertz CT molecular complexity index is 345.